The van der Waals surface area contributed by atoms with Gasteiger partial charge in [0.05, 0.1) is 12.6 Å². The number of ketones is 1. The Labute approximate surface area is 314 Å². The average molecular weight is 799 g/mol. The van der Waals surface area contributed by atoms with Gasteiger partial charge in [0.2, 0.25) is 17.7 Å². The maximum Gasteiger partial charge on any atom is 0.326 e. The first kappa shape index (κ1) is 44.6. The number of nitrogens with two attached hydrogens (primary N) is 2. The molecule has 1 aliphatic carbocycles. The molecule has 52 heavy (non-hydrogen) atoms. The quantitative estimate of drug-likeness (QED) is 0.0643. The number of alkyl halides is 2. The fourth-order valence-corrected chi connectivity index (χ4v) is 5.74. The van der Waals surface area contributed by atoms with Gasteiger partial charge in [0.1, 0.15) is 52.7 Å². The van der Waals surface area contributed by atoms with Crippen molar-refractivity contribution in [3.8, 4) is 0 Å². The molecule has 5 amide bonds. The van der Waals surface area contributed by atoms with Crippen LogP contribution in [0.15, 0.2) is 22.6 Å². The van der Waals surface area contributed by atoms with Crippen molar-refractivity contribution in [1.29, 1.82) is 0 Å². The predicted molar refractivity (Wildman–Crippen MR) is 187 cm³/mol. The molecule has 292 valence electrons. The molecule has 2 aliphatic rings. The number of carboxylic acid groups (broad SMARTS) is 1. The van der Waals surface area contributed by atoms with E-state index in [-0.39, 0.29) is 37.1 Å². The van der Waals surface area contributed by atoms with Crippen LogP contribution in [-0.2, 0) is 38.3 Å². The SMILES string of the molecule is CC(C)C1OC2=C(CC(C(=O)O)NC(=O)C(=CCl)NC(=O)C1NC(=O)C(NC(=O)C(CC(C)C(Cl)Cl)NC(=O)CN)C(O)CCCN)C(=O)C(O)C2. The van der Waals surface area contributed by atoms with Crippen LogP contribution in [0.5, 0.6) is 0 Å². The van der Waals surface area contributed by atoms with E-state index in [1.54, 1.807) is 20.8 Å². The molecule has 2 rings (SSSR count). The van der Waals surface area contributed by atoms with Gasteiger partial charge in [-0.15, -0.1) is 23.2 Å². The van der Waals surface area contributed by atoms with Crippen LogP contribution in [0.1, 0.15) is 52.9 Å². The van der Waals surface area contributed by atoms with E-state index in [1.165, 1.54) is 0 Å². The van der Waals surface area contributed by atoms with Crippen molar-refractivity contribution < 1.29 is 53.6 Å². The molecule has 0 aromatic rings. The molecular formula is C31H46Cl3N7O11. The number of aliphatic hydroxyl groups excluding tert-OH is 2. The van der Waals surface area contributed by atoms with E-state index in [0.717, 1.165) is 0 Å². The Bertz CT molecular complexity index is 1430. The Morgan fingerprint density at radius 1 is 1.06 bits per heavy atom. The van der Waals surface area contributed by atoms with Crippen molar-refractivity contribution in [2.24, 2.45) is 23.3 Å². The first-order valence-electron chi connectivity index (χ1n) is 16.4. The van der Waals surface area contributed by atoms with Crippen molar-refractivity contribution in [2.45, 2.75) is 100 Å². The highest BCUT2D eigenvalue weighted by atomic mass is 35.5. The Balaban J connectivity index is 2.63. The van der Waals surface area contributed by atoms with E-state index >= 15 is 0 Å². The molecule has 18 nitrogen and oxygen atoms in total. The summed E-state index contributed by atoms with van der Waals surface area (Å²) in [5, 5.41) is 43.0. The average Bonchev–Trinajstić information content (AvgIpc) is 3.34. The number of amides is 5. The molecule has 0 fully saturated rings. The molecule has 8 atom stereocenters. The van der Waals surface area contributed by atoms with E-state index in [2.05, 4.69) is 26.6 Å². The third kappa shape index (κ3) is 12.3. The standard InChI is InChI=1S/C31H46Cl3N7O11/c1-12(2)25-23(30(49)39-17(10-32)28(47)38-16(31(50)51)8-14-20(52-25)9-19(43)24(14)45)41-29(48)22(18(42)5-4-6-35)40-27(46)15(37-21(44)11-36)7-13(3)26(33)34/h10,12-13,15-16,18-19,22-23,25-26,42-43H,4-9,11,35-36H2,1-3H3,(H,37,44)(H,38,47)(H,39,49)(H,40,46)(H,41,48)(H,50,51). The zero-order valence-electron chi connectivity index (χ0n) is 28.7. The summed E-state index contributed by atoms with van der Waals surface area (Å²) in [5.41, 5.74) is 10.8. The van der Waals surface area contributed by atoms with E-state index < -0.39 is 126 Å². The van der Waals surface area contributed by atoms with Crippen LogP contribution >= 0.6 is 34.8 Å². The molecule has 12 N–H and O–H groups in total. The third-order valence-corrected chi connectivity index (χ3v) is 9.41. The van der Waals surface area contributed by atoms with Gasteiger partial charge in [-0.3, -0.25) is 28.8 Å². The second kappa shape index (κ2) is 20.6. The summed E-state index contributed by atoms with van der Waals surface area (Å²) in [5.74, 6) is -8.81. The number of halogens is 3. The number of rotatable bonds is 15. The van der Waals surface area contributed by atoms with Gasteiger partial charge in [0.25, 0.3) is 11.8 Å². The molecule has 0 saturated carbocycles. The lowest BCUT2D eigenvalue weighted by Crippen LogP contribution is -2.63. The van der Waals surface area contributed by atoms with Gasteiger partial charge < -0.3 is 58.1 Å². The van der Waals surface area contributed by atoms with Crippen LogP contribution < -0.4 is 38.1 Å². The second-order valence-corrected chi connectivity index (χ2v) is 14.1. The number of carboxylic acids is 1. The minimum atomic E-state index is -1.77. The van der Waals surface area contributed by atoms with Gasteiger partial charge in [-0.25, -0.2) is 4.79 Å². The number of aliphatic hydroxyl groups is 2. The zero-order chi connectivity index (χ0) is 39.4. The summed E-state index contributed by atoms with van der Waals surface area (Å²) in [6, 6.07) is -6.54. The summed E-state index contributed by atoms with van der Waals surface area (Å²) < 4.78 is 6.12. The lowest BCUT2D eigenvalue weighted by atomic mass is 9.96. The third-order valence-electron chi connectivity index (χ3n) is 8.33. The highest BCUT2D eigenvalue weighted by Gasteiger charge is 2.43. The molecule has 0 radical (unpaired) electrons. The maximum absolute atomic E-state index is 14.0. The molecule has 0 aromatic carbocycles. The van der Waals surface area contributed by atoms with Crippen LogP contribution in [0, 0.1) is 11.8 Å². The van der Waals surface area contributed by atoms with Gasteiger partial charge in [-0.05, 0) is 37.6 Å². The number of ether oxygens (including phenoxy) is 1. The normalized spacial score (nSPS) is 24.4. The molecule has 1 aliphatic heterocycles. The summed E-state index contributed by atoms with van der Waals surface area (Å²) in [7, 11) is 0. The molecular weight excluding hydrogens is 753 g/mol. The van der Waals surface area contributed by atoms with Crippen molar-refractivity contribution >= 4 is 76.1 Å². The first-order valence-corrected chi connectivity index (χ1v) is 17.7. The number of hydrogen-bond donors (Lipinski definition) is 10. The predicted octanol–water partition coefficient (Wildman–Crippen LogP) is -1.87. The summed E-state index contributed by atoms with van der Waals surface area (Å²) >= 11 is 17.8. The fourth-order valence-electron chi connectivity index (χ4n) is 5.38. The highest BCUT2D eigenvalue weighted by molar-refractivity contribution is 6.44. The fraction of sp³-hybridized carbons (Fsp3) is 0.645. The molecule has 1 heterocycles. The highest BCUT2D eigenvalue weighted by Crippen LogP contribution is 2.31. The van der Waals surface area contributed by atoms with Gasteiger partial charge in [-0.2, -0.15) is 0 Å². The van der Waals surface area contributed by atoms with E-state index in [4.69, 9.17) is 51.0 Å². The zero-order valence-corrected chi connectivity index (χ0v) is 31.0. The molecule has 0 saturated heterocycles. The first-order chi connectivity index (χ1) is 24.4. The van der Waals surface area contributed by atoms with Crippen molar-refractivity contribution in [3.63, 3.8) is 0 Å². The Hall–Kier alpha value is -3.52. The Morgan fingerprint density at radius 2 is 1.71 bits per heavy atom. The number of Topliss-reactive ketones (excluding diaryl/α,β-unsaturated/α-hetero) is 1. The summed E-state index contributed by atoms with van der Waals surface area (Å²) in [6.07, 6.45) is -5.57. The van der Waals surface area contributed by atoms with Crippen LogP contribution in [0.4, 0.5) is 0 Å². The smallest absolute Gasteiger partial charge is 0.326 e. The molecule has 8 unspecified atom stereocenters. The van der Waals surface area contributed by atoms with Crippen molar-refractivity contribution in [1.82, 2.24) is 26.6 Å². The lowest BCUT2D eigenvalue weighted by molar-refractivity contribution is -0.141. The summed E-state index contributed by atoms with van der Waals surface area (Å²) in [6.45, 7) is 4.41. The van der Waals surface area contributed by atoms with E-state index in [0.29, 0.717) is 5.54 Å². The second-order valence-electron chi connectivity index (χ2n) is 12.7. The van der Waals surface area contributed by atoms with Gasteiger partial charge in [0, 0.05) is 23.9 Å². The van der Waals surface area contributed by atoms with Gasteiger partial charge in [0.15, 0.2) is 5.78 Å². The molecule has 0 spiro atoms. The molecule has 21 heteroatoms. The Kier molecular flexibility index (Phi) is 17.7. The van der Waals surface area contributed by atoms with Gasteiger partial charge in [-0.1, -0.05) is 32.4 Å². The number of nitrogens with one attached hydrogen (secondary N) is 5. The number of hydrogen-bond acceptors (Lipinski definition) is 12. The summed E-state index contributed by atoms with van der Waals surface area (Å²) in [4.78, 5) is 90.7. The van der Waals surface area contributed by atoms with Crippen molar-refractivity contribution in [3.05, 3.63) is 22.6 Å². The van der Waals surface area contributed by atoms with Gasteiger partial charge >= 0.3 is 5.97 Å². The topological polar surface area (TPSA) is 302 Å². The number of aliphatic carboxylic acids is 1. The van der Waals surface area contributed by atoms with Crippen LogP contribution in [0.2, 0.25) is 0 Å². The molecule has 0 aromatic heterocycles. The molecule has 0 bridgehead atoms. The van der Waals surface area contributed by atoms with Crippen LogP contribution in [0.25, 0.3) is 0 Å². The van der Waals surface area contributed by atoms with Crippen LogP contribution in [0.3, 0.4) is 0 Å². The van der Waals surface area contributed by atoms with Crippen LogP contribution in [-0.4, -0.2) is 117 Å². The van der Waals surface area contributed by atoms with Crippen molar-refractivity contribution in [2.75, 3.05) is 13.1 Å². The maximum atomic E-state index is 14.0. The Morgan fingerprint density at radius 3 is 2.25 bits per heavy atom. The van der Waals surface area contributed by atoms with E-state index in [1.807, 2.05) is 0 Å². The number of carbonyl (C=O) groups is 7. The number of carbonyl (C=O) groups excluding carboxylic acids is 6. The monoisotopic (exact) mass is 797 g/mol. The minimum Gasteiger partial charge on any atom is -0.491 e. The largest absolute Gasteiger partial charge is 0.491 e. The van der Waals surface area contributed by atoms with E-state index in [9.17, 15) is 48.9 Å². The minimum absolute atomic E-state index is 0.0994. The lowest BCUT2D eigenvalue weighted by Gasteiger charge is -2.34.